The molecule has 1 aliphatic carbocycles. The molecule has 1 saturated heterocycles. The number of aliphatic hydroxyl groups excluding tert-OH is 1. The third kappa shape index (κ3) is 4.59. The molecule has 128 valence electrons. The van der Waals surface area contributed by atoms with E-state index in [1.807, 2.05) is 6.92 Å². The minimum absolute atomic E-state index is 0.00538. The van der Waals surface area contributed by atoms with Gasteiger partial charge >= 0.3 is 6.03 Å². The first kappa shape index (κ1) is 17.5. The lowest BCUT2D eigenvalue weighted by atomic mass is 9.76. The minimum Gasteiger partial charge on any atom is -0.394 e. The fourth-order valence-corrected chi connectivity index (χ4v) is 5.45. The van der Waals surface area contributed by atoms with Crippen molar-refractivity contribution >= 4 is 15.9 Å². The van der Waals surface area contributed by atoms with E-state index in [4.69, 9.17) is 0 Å². The van der Waals surface area contributed by atoms with Crippen molar-refractivity contribution in [1.29, 1.82) is 0 Å². The van der Waals surface area contributed by atoms with Gasteiger partial charge in [0.15, 0.2) is 9.84 Å². The summed E-state index contributed by atoms with van der Waals surface area (Å²) in [5.41, 5.74) is -0.605. The molecule has 2 aliphatic rings. The Bertz CT molecular complexity index is 488. The predicted molar refractivity (Wildman–Crippen MR) is 85.4 cm³/mol. The van der Waals surface area contributed by atoms with E-state index in [1.54, 1.807) is 0 Å². The Kier molecular flexibility index (Phi) is 5.71. The van der Waals surface area contributed by atoms with E-state index in [0.29, 0.717) is 18.9 Å². The van der Waals surface area contributed by atoms with Crippen molar-refractivity contribution in [2.45, 2.75) is 51.0 Å². The molecule has 1 aliphatic heterocycles. The van der Waals surface area contributed by atoms with E-state index in [1.165, 1.54) is 6.42 Å². The molecule has 2 amide bonds. The Morgan fingerprint density at radius 3 is 2.45 bits per heavy atom. The molecule has 0 spiro atoms. The van der Waals surface area contributed by atoms with Crippen LogP contribution in [0, 0.1) is 11.8 Å². The van der Waals surface area contributed by atoms with E-state index >= 15 is 0 Å². The van der Waals surface area contributed by atoms with Gasteiger partial charge in [0.2, 0.25) is 0 Å². The highest BCUT2D eigenvalue weighted by atomic mass is 32.2. The predicted octanol–water partition coefficient (Wildman–Crippen LogP) is 1.05. The molecule has 0 aromatic heterocycles. The van der Waals surface area contributed by atoms with Crippen LogP contribution in [0.25, 0.3) is 0 Å². The molecule has 1 saturated carbocycles. The summed E-state index contributed by atoms with van der Waals surface area (Å²) in [5.74, 6) is 0.680. The lowest BCUT2D eigenvalue weighted by Gasteiger charge is -2.39. The van der Waals surface area contributed by atoms with Gasteiger partial charge < -0.3 is 15.7 Å². The van der Waals surface area contributed by atoms with Crippen LogP contribution in [0.1, 0.15) is 45.4 Å². The van der Waals surface area contributed by atoms with Gasteiger partial charge in [-0.15, -0.1) is 0 Å². The molecular weight excluding hydrogens is 304 g/mol. The van der Waals surface area contributed by atoms with Gasteiger partial charge in [0.05, 0.1) is 23.7 Å². The number of urea groups is 1. The number of nitrogens with one attached hydrogen (secondary N) is 2. The molecule has 0 aromatic rings. The summed E-state index contributed by atoms with van der Waals surface area (Å²) in [6.45, 7) is 2.18. The molecular formula is C15H28N2O4S. The smallest absolute Gasteiger partial charge is 0.315 e. The Labute approximate surface area is 133 Å². The average molecular weight is 332 g/mol. The van der Waals surface area contributed by atoms with Gasteiger partial charge in [-0.1, -0.05) is 19.3 Å². The SMILES string of the molecule is C[C@@](CO)(NC(=O)NC[C@H]1CCS(=O)(=O)C1)C1CCCCC1. The van der Waals surface area contributed by atoms with Crippen molar-refractivity contribution in [3.8, 4) is 0 Å². The summed E-state index contributed by atoms with van der Waals surface area (Å²) in [5, 5.41) is 15.4. The first-order chi connectivity index (χ1) is 10.3. The fraction of sp³-hybridized carbons (Fsp3) is 0.933. The number of sulfone groups is 1. The van der Waals surface area contributed by atoms with Crippen LogP contribution in [0.15, 0.2) is 0 Å². The molecule has 6 nitrogen and oxygen atoms in total. The minimum atomic E-state index is -2.91. The second kappa shape index (κ2) is 7.17. The fourth-order valence-electron chi connectivity index (χ4n) is 3.58. The van der Waals surface area contributed by atoms with Crippen LogP contribution in [0.5, 0.6) is 0 Å². The number of carbonyl (C=O) groups excluding carboxylic acids is 1. The Morgan fingerprint density at radius 1 is 1.23 bits per heavy atom. The second-order valence-electron chi connectivity index (χ2n) is 7.01. The highest BCUT2D eigenvalue weighted by Crippen LogP contribution is 2.32. The normalized spacial score (nSPS) is 28.0. The molecule has 22 heavy (non-hydrogen) atoms. The van der Waals surface area contributed by atoms with Crippen LogP contribution in [0.4, 0.5) is 4.79 Å². The summed E-state index contributed by atoms with van der Waals surface area (Å²) >= 11 is 0. The quantitative estimate of drug-likeness (QED) is 0.701. The van der Waals surface area contributed by atoms with Gasteiger partial charge in [-0.05, 0) is 38.0 Å². The molecule has 0 radical (unpaired) electrons. The van der Waals surface area contributed by atoms with Crippen LogP contribution in [0.3, 0.4) is 0 Å². The number of amides is 2. The lowest BCUT2D eigenvalue weighted by molar-refractivity contribution is 0.101. The highest BCUT2D eigenvalue weighted by Gasteiger charge is 2.36. The summed E-state index contributed by atoms with van der Waals surface area (Å²) in [6.07, 6.45) is 6.17. The number of rotatable bonds is 5. The van der Waals surface area contributed by atoms with E-state index in [0.717, 1.165) is 25.7 Å². The van der Waals surface area contributed by atoms with Crippen molar-refractivity contribution < 1.29 is 18.3 Å². The Hall–Kier alpha value is -0.820. The van der Waals surface area contributed by atoms with Crippen molar-refractivity contribution in [2.24, 2.45) is 11.8 Å². The average Bonchev–Trinajstić information content (AvgIpc) is 2.85. The van der Waals surface area contributed by atoms with Crippen molar-refractivity contribution in [2.75, 3.05) is 24.7 Å². The number of carbonyl (C=O) groups is 1. The molecule has 2 atom stereocenters. The Balaban J connectivity index is 1.81. The molecule has 3 N–H and O–H groups in total. The lowest BCUT2D eigenvalue weighted by Crippen LogP contribution is -2.57. The van der Waals surface area contributed by atoms with E-state index in [-0.39, 0.29) is 30.1 Å². The number of aliphatic hydroxyl groups is 1. The maximum Gasteiger partial charge on any atom is 0.315 e. The van der Waals surface area contributed by atoms with E-state index < -0.39 is 15.4 Å². The van der Waals surface area contributed by atoms with Gasteiger partial charge in [-0.25, -0.2) is 13.2 Å². The van der Waals surface area contributed by atoms with Gasteiger partial charge in [0.25, 0.3) is 0 Å². The zero-order valence-corrected chi connectivity index (χ0v) is 14.1. The first-order valence-electron chi connectivity index (χ1n) is 8.22. The van der Waals surface area contributed by atoms with Crippen LogP contribution >= 0.6 is 0 Å². The monoisotopic (exact) mass is 332 g/mol. The third-order valence-electron chi connectivity index (χ3n) is 5.11. The van der Waals surface area contributed by atoms with Crippen LogP contribution in [0.2, 0.25) is 0 Å². The summed E-state index contributed by atoms with van der Waals surface area (Å²) in [7, 11) is -2.91. The summed E-state index contributed by atoms with van der Waals surface area (Å²) < 4.78 is 22.8. The van der Waals surface area contributed by atoms with Crippen LogP contribution in [-0.4, -0.2) is 49.8 Å². The van der Waals surface area contributed by atoms with Crippen molar-refractivity contribution in [3.05, 3.63) is 0 Å². The standard InChI is InChI=1S/C15H28N2O4S/c1-15(11-18,13-5-3-2-4-6-13)17-14(19)16-9-12-7-8-22(20,21)10-12/h12-13,18H,2-11H2,1H3,(H2,16,17,19)/t12-,15+/m1/s1. The molecule has 0 unspecified atom stereocenters. The van der Waals surface area contributed by atoms with Crippen molar-refractivity contribution in [3.63, 3.8) is 0 Å². The molecule has 0 bridgehead atoms. The zero-order chi connectivity index (χ0) is 16.2. The van der Waals surface area contributed by atoms with Gasteiger partial charge in [0, 0.05) is 6.54 Å². The molecule has 1 heterocycles. The molecule has 2 fully saturated rings. The van der Waals surface area contributed by atoms with Gasteiger partial charge in [-0.3, -0.25) is 0 Å². The number of hydrogen-bond acceptors (Lipinski definition) is 4. The zero-order valence-electron chi connectivity index (χ0n) is 13.3. The van der Waals surface area contributed by atoms with E-state index in [2.05, 4.69) is 10.6 Å². The largest absolute Gasteiger partial charge is 0.394 e. The second-order valence-corrected chi connectivity index (χ2v) is 9.24. The Morgan fingerprint density at radius 2 is 1.91 bits per heavy atom. The van der Waals surface area contributed by atoms with E-state index in [9.17, 15) is 18.3 Å². The molecule has 7 heteroatoms. The third-order valence-corrected chi connectivity index (χ3v) is 6.95. The summed E-state index contributed by atoms with van der Waals surface area (Å²) in [6, 6.07) is -0.313. The molecule has 2 rings (SSSR count). The molecule has 0 aromatic carbocycles. The maximum absolute atomic E-state index is 12.1. The van der Waals surface area contributed by atoms with Gasteiger partial charge in [0.1, 0.15) is 0 Å². The highest BCUT2D eigenvalue weighted by molar-refractivity contribution is 7.91. The number of hydrogen-bond donors (Lipinski definition) is 3. The maximum atomic E-state index is 12.1. The van der Waals surface area contributed by atoms with Gasteiger partial charge in [-0.2, -0.15) is 0 Å². The van der Waals surface area contributed by atoms with Crippen LogP contribution in [-0.2, 0) is 9.84 Å². The van der Waals surface area contributed by atoms with Crippen molar-refractivity contribution in [1.82, 2.24) is 10.6 Å². The topological polar surface area (TPSA) is 95.5 Å². The van der Waals surface area contributed by atoms with Crippen LogP contribution < -0.4 is 10.6 Å². The summed E-state index contributed by atoms with van der Waals surface area (Å²) in [4.78, 5) is 12.1. The first-order valence-corrected chi connectivity index (χ1v) is 10.0.